The number of nitrogens with zero attached hydrogens (tertiary/aromatic N) is 1. The fourth-order valence-electron chi connectivity index (χ4n) is 2.00. The highest BCUT2D eigenvalue weighted by Gasteiger charge is 2.29. The number of halogens is 1. The molecule has 1 aromatic heterocycles. The highest BCUT2D eigenvalue weighted by atomic mass is 79.9. The molecule has 0 amide bonds. The molecule has 0 radical (unpaired) electrons. The van der Waals surface area contributed by atoms with Gasteiger partial charge >= 0.3 is 0 Å². The van der Waals surface area contributed by atoms with Crippen LogP contribution in [0.25, 0.3) is 0 Å². The summed E-state index contributed by atoms with van der Waals surface area (Å²) in [4.78, 5) is 4.13. The first-order valence-electron chi connectivity index (χ1n) is 5.67. The fourth-order valence-corrected chi connectivity index (χ4v) is 5.26. The van der Waals surface area contributed by atoms with Crippen molar-refractivity contribution in [1.29, 1.82) is 0 Å². The van der Waals surface area contributed by atoms with Gasteiger partial charge in [0.1, 0.15) is 0 Å². The van der Waals surface area contributed by atoms with Crippen LogP contribution in [0.4, 0.5) is 0 Å². The Bertz CT molecular complexity index is 377. The third-order valence-electron chi connectivity index (χ3n) is 2.82. The molecule has 94 valence electrons. The summed E-state index contributed by atoms with van der Waals surface area (Å²) in [6, 6.07) is 2.03. The van der Waals surface area contributed by atoms with Crippen LogP contribution in [-0.4, -0.2) is 38.2 Å². The molecule has 0 aromatic carbocycles. The predicted octanol–water partition coefficient (Wildman–Crippen LogP) is 2.98. The van der Waals surface area contributed by atoms with Crippen molar-refractivity contribution < 1.29 is 5.11 Å². The summed E-state index contributed by atoms with van der Waals surface area (Å²) in [5, 5.41) is 11.2. The van der Waals surface area contributed by atoms with E-state index in [0.29, 0.717) is 16.9 Å². The minimum Gasteiger partial charge on any atom is -0.392 e. The lowest BCUT2D eigenvalue weighted by Crippen LogP contribution is -2.36. The molecular formula is C12H16BrNOS2. The van der Waals surface area contributed by atoms with Gasteiger partial charge < -0.3 is 5.11 Å². The van der Waals surface area contributed by atoms with Crippen molar-refractivity contribution in [2.45, 2.75) is 29.9 Å². The summed E-state index contributed by atoms with van der Waals surface area (Å²) in [6.07, 6.45) is 4.01. The van der Waals surface area contributed by atoms with Crippen LogP contribution < -0.4 is 0 Å². The Kier molecular flexibility index (Phi) is 5.21. The fraction of sp³-hybridized carbons (Fsp3) is 0.583. The normalized spacial score (nSPS) is 26.8. The summed E-state index contributed by atoms with van der Waals surface area (Å²) in [7, 11) is 0. The van der Waals surface area contributed by atoms with Gasteiger partial charge in [-0.1, -0.05) is 6.92 Å². The number of pyridine rings is 1. The summed E-state index contributed by atoms with van der Waals surface area (Å²) >= 11 is 7.27. The zero-order valence-electron chi connectivity index (χ0n) is 9.67. The predicted molar refractivity (Wildman–Crippen MR) is 79.8 cm³/mol. The molecule has 0 aliphatic carbocycles. The standard InChI is InChI=1S/C12H16BrNOS2/c1-8-12(17-3-2-16-8)11(15)5-9-4-10(13)7-14-6-9/h4,6-8,11-12,15H,2-3,5H2,1H3. The number of hydrogen-bond acceptors (Lipinski definition) is 4. The highest BCUT2D eigenvalue weighted by molar-refractivity contribution is 9.10. The van der Waals surface area contributed by atoms with Crippen LogP contribution in [-0.2, 0) is 6.42 Å². The van der Waals surface area contributed by atoms with E-state index >= 15 is 0 Å². The summed E-state index contributed by atoms with van der Waals surface area (Å²) in [6.45, 7) is 2.21. The largest absolute Gasteiger partial charge is 0.392 e. The monoisotopic (exact) mass is 333 g/mol. The lowest BCUT2D eigenvalue weighted by molar-refractivity contribution is 0.171. The number of aliphatic hydroxyl groups is 1. The van der Waals surface area contributed by atoms with Crippen molar-refractivity contribution in [2.24, 2.45) is 0 Å². The van der Waals surface area contributed by atoms with E-state index in [1.54, 1.807) is 6.20 Å². The Morgan fingerprint density at radius 3 is 2.94 bits per heavy atom. The number of hydrogen-bond donors (Lipinski definition) is 1. The summed E-state index contributed by atoms with van der Waals surface area (Å²) < 4.78 is 0.973. The molecule has 1 saturated heterocycles. The lowest BCUT2D eigenvalue weighted by Gasteiger charge is -2.31. The van der Waals surface area contributed by atoms with Crippen LogP contribution in [0.3, 0.4) is 0 Å². The molecule has 1 aliphatic rings. The molecule has 1 N–H and O–H groups in total. The van der Waals surface area contributed by atoms with Crippen LogP contribution in [0.2, 0.25) is 0 Å². The van der Waals surface area contributed by atoms with E-state index in [9.17, 15) is 5.11 Å². The second-order valence-electron chi connectivity index (χ2n) is 4.19. The van der Waals surface area contributed by atoms with Crippen molar-refractivity contribution in [3.05, 3.63) is 28.5 Å². The van der Waals surface area contributed by atoms with Gasteiger partial charge in [0.05, 0.1) is 6.10 Å². The van der Waals surface area contributed by atoms with E-state index in [-0.39, 0.29) is 6.10 Å². The van der Waals surface area contributed by atoms with E-state index in [1.165, 1.54) is 5.75 Å². The van der Waals surface area contributed by atoms with Crippen molar-refractivity contribution in [2.75, 3.05) is 11.5 Å². The molecular weight excluding hydrogens is 318 g/mol. The maximum absolute atomic E-state index is 10.3. The molecule has 5 heteroatoms. The molecule has 1 fully saturated rings. The zero-order chi connectivity index (χ0) is 12.3. The Labute approximate surface area is 119 Å². The van der Waals surface area contributed by atoms with Gasteiger partial charge in [-0.25, -0.2) is 0 Å². The molecule has 2 nitrogen and oxygen atoms in total. The Balaban J connectivity index is 1.98. The number of aliphatic hydroxyl groups excluding tert-OH is 1. The van der Waals surface area contributed by atoms with Crippen molar-refractivity contribution in [3.8, 4) is 0 Å². The summed E-state index contributed by atoms with van der Waals surface area (Å²) in [5.41, 5.74) is 1.09. The quantitative estimate of drug-likeness (QED) is 0.921. The molecule has 0 spiro atoms. The zero-order valence-corrected chi connectivity index (χ0v) is 12.9. The molecule has 1 aromatic rings. The maximum atomic E-state index is 10.3. The van der Waals surface area contributed by atoms with Gasteiger partial charge in [-0.05, 0) is 27.6 Å². The topological polar surface area (TPSA) is 33.1 Å². The van der Waals surface area contributed by atoms with E-state index in [2.05, 4.69) is 27.8 Å². The van der Waals surface area contributed by atoms with Crippen molar-refractivity contribution in [3.63, 3.8) is 0 Å². The van der Waals surface area contributed by atoms with E-state index < -0.39 is 0 Å². The van der Waals surface area contributed by atoms with Crippen LogP contribution in [0.15, 0.2) is 22.9 Å². The first-order chi connectivity index (χ1) is 8.16. The second-order valence-corrected chi connectivity index (χ2v) is 7.88. The summed E-state index contributed by atoms with van der Waals surface area (Å²) in [5.74, 6) is 2.35. The smallest absolute Gasteiger partial charge is 0.0710 e. The van der Waals surface area contributed by atoms with Crippen LogP contribution in [0, 0.1) is 0 Å². The molecule has 2 heterocycles. The highest BCUT2D eigenvalue weighted by Crippen LogP contribution is 2.33. The average Bonchev–Trinajstić information content (AvgIpc) is 2.29. The van der Waals surface area contributed by atoms with Gasteiger partial charge in [-0.15, -0.1) is 0 Å². The lowest BCUT2D eigenvalue weighted by atomic mass is 10.1. The van der Waals surface area contributed by atoms with Gasteiger partial charge in [0.25, 0.3) is 0 Å². The minimum absolute atomic E-state index is 0.279. The van der Waals surface area contributed by atoms with Gasteiger partial charge in [-0.2, -0.15) is 23.5 Å². The van der Waals surface area contributed by atoms with Gasteiger partial charge in [0, 0.05) is 45.3 Å². The number of aromatic nitrogens is 1. The first-order valence-corrected chi connectivity index (χ1v) is 8.56. The van der Waals surface area contributed by atoms with E-state index in [0.717, 1.165) is 15.8 Å². The third kappa shape index (κ3) is 3.88. The molecule has 1 aliphatic heterocycles. The van der Waals surface area contributed by atoms with Crippen LogP contribution in [0.1, 0.15) is 12.5 Å². The molecule has 0 saturated carbocycles. The maximum Gasteiger partial charge on any atom is 0.0710 e. The molecule has 3 unspecified atom stereocenters. The Morgan fingerprint density at radius 2 is 2.24 bits per heavy atom. The van der Waals surface area contributed by atoms with Crippen molar-refractivity contribution >= 4 is 39.5 Å². The first kappa shape index (κ1) is 13.7. The van der Waals surface area contributed by atoms with Gasteiger partial charge in [0.2, 0.25) is 0 Å². The SMILES string of the molecule is CC1SCCSC1C(O)Cc1cncc(Br)c1. The Hall–Kier alpha value is 0.290. The van der Waals surface area contributed by atoms with Crippen molar-refractivity contribution in [1.82, 2.24) is 4.98 Å². The van der Waals surface area contributed by atoms with Gasteiger partial charge in [-0.3, -0.25) is 4.98 Å². The molecule has 17 heavy (non-hydrogen) atoms. The second kappa shape index (κ2) is 6.45. The van der Waals surface area contributed by atoms with E-state index in [4.69, 9.17) is 0 Å². The van der Waals surface area contributed by atoms with E-state index in [1.807, 2.05) is 35.8 Å². The van der Waals surface area contributed by atoms with Crippen LogP contribution >= 0.6 is 39.5 Å². The number of thioether (sulfide) groups is 2. The minimum atomic E-state index is -0.279. The third-order valence-corrected chi connectivity index (χ3v) is 6.49. The van der Waals surface area contributed by atoms with Gasteiger partial charge in [0.15, 0.2) is 0 Å². The van der Waals surface area contributed by atoms with Crippen LogP contribution in [0.5, 0.6) is 0 Å². The average molecular weight is 334 g/mol. The molecule has 2 rings (SSSR count). The molecule has 0 bridgehead atoms. The molecule has 3 atom stereocenters. The number of rotatable bonds is 3. The Morgan fingerprint density at radius 1 is 1.47 bits per heavy atom.